The third kappa shape index (κ3) is 3.06. The lowest BCUT2D eigenvalue weighted by Crippen LogP contribution is -2.20. The molecule has 0 unspecified atom stereocenters. The van der Waals surface area contributed by atoms with E-state index in [-0.39, 0.29) is 11.3 Å². The van der Waals surface area contributed by atoms with Gasteiger partial charge in [-0.3, -0.25) is 9.36 Å². The van der Waals surface area contributed by atoms with Crippen LogP contribution in [0.2, 0.25) is 0 Å². The van der Waals surface area contributed by atoms with E-state index in [0.29, 0.717) is 22.9 Å². The van der Waals surface area contributed by atoms with E-state index in [1.54, 1.807) is 23.0 Å². The van der Waals surface area contributed by atoms with Gasteiger partial charge in [-0.2, -0.15) is 0 Å². The molecule has 0 fully saturated rings. The summed E-state index contributed by atoms with van der Waals surface area (Å²) in [6.45, 7) is 1.96. The van der Waals surface area contributed by atoms with Gasteiger partial charge >= 0.3 is 5.63 Å². The Balaban J connectivity index is 1.56. The first kappa shape index (κ1) is 19.4. The van der Waals surface area contributed by atoms with Crippen molar-refractivity contribution in [2.24, 2.45) is 7.05 Å². The Morgan fingerprint density at radius 3 is 2.87 bits per heavy atom. The van der Waals surface area contributed by atoms with Gasteiger partial charge < -0.3 is 9.52 Å². The van der Waals surface area contributed by atoms with Gasteiger partial charge in [0.05, 0.1) is 5.39 Å². The first-order valence-electron chi connectivity index (χ1n) is 9.89. The summed E-state index contributed by atoms with van der Waals surface area (Å²) in [5, 5.41) is 12.3. The molecule has 0 saturated heterocycles. The van der Waals surface area contributed by atoms with Crippen LogP contribution < -0.4 is 11.2 Å². The summed E-state index contributed by atoms with van der Waals surface area (Å²) >= 11 is 3.05. The average Bonchev–Trinajstić information content (AvgIpc) is 3.29. The van der Waals surface area contributed by atoms with E-state index in [0.717, 1.165) is 46.0 Å². The maximum atomic E-state index is 13.0. The molecule has 6 nitrogen and oxygen atoms in total. The summed E-state index contributed by atoms with van der Waals surface area (Å²) in [6, 6.07) is 4.84. The smallest absolute Gasteiger partial charge is 0.336 e. The summed E-state index contributed by atoms with van der Waals surface area (Å²) in [5.41, 5.74) is 2.66. The summed E-state index contributed by atoms with van der Waals surface area (Å²) in [5.74, 6) is 0.589. The molecule has 0 atom stereocenters. The first-order valence-corrected chi connectivity index (χ1v) is 11.7. The van der Waals surface area contributed by atoms with Gasteiger partial charge in [-0.25, -0.2) is 9.78 Å². The number of hydrogen-bond donors (Lipinski definition) is 1. The van der Waals surface area contributed by atoms with Crippen LogP contribution in [0, 0.1) is 0 Å². The normalized spacial score (nSPS) is 13.4. The van der Waals surface area contributed by atoms with Gasteiger partial charge in [-0.05, 0) is 48.4 Å². The van der Waals surface area contributed by atoms with Gasteiger partial charge in [0.25, 0.3) is 5.56 Å². The van der Waals surface area contributed by atoms with Crippen LogP contribution in [0.1, 0.15) is 34.9 Å². The number of rotatable bonds is 4. The number of nitrogens with zero attached hydrogens (tertiary/aromatic N) is 2. The molecule has 1 N–H and O–H groups in total. The summed E-state index contributed by atoms with van der Waals surface area (Å²) < 4.78 is 6.88. The van der Waals surface area contributed by atoms with Crippen LogP contribution in [0.4, 0.5) is 0 Å². The molecule has 3 aromatic heterocycles. The summed E-state index contributed by atoms with van der Waals surface area (Å²) in [4.78, 5) is 31.9. The van der Waals surface area contributed by atoms with Crippen LogP contribution in [-0.2, 0) is 32.1 Å². The van der Waals surface area contributed by atoms with Crippen LogP contribution in [0.25, 0.3) is 21.2 Å². The number of aromatic hydroxyl groups is 1. The molecule has 0 amide bonds. The van der Waals surface area contributed by atoms with Crippen molar-refractivity contribution in [3.63, 3.8) is 0 Å². The highest BCUT2D eigenvalue weighted by molar-refractivity contribution is 7.98. The fourth-order valence-corrected chi connectivity index (χ4v) is 6.35. The SMILES string of the molecule is CCc1cc2c(CSc3nc4sc5c(c4c(=O)n3C)CCC5)cc(=O)oc2cc1O. The minimum Gasteiger partial charge on any atom is -0.508 e. The summed E-state index contributed by atoms with van der Waals surface area (Å²) in [7, 11) is 1.75. The Hall–Kier alpha value is -2.58. The molecule has 0 spiro atoms. The number of hydrogen-bond acceptors (Lipinski definition) is 7. The third-order valence-corrected chi connectivity index (χ3v) is 7.94. The second kappa shape index (κ2) is 7.28. The topological polar surface area (TPSA) is 85.3 Å². The molecular weight excluding hydrogens is 420 g/mol. The predicted molar refractivity (Wildman–Crippen MR) is 120 cm³/mol. The van der Waals surface area contributed by atoms with Crippen LogP contribution >= 0.6 is 23.1 Å². The number of aromatic nitrogens is 2. The Morgan fingerprint density at radius 2 is 2.07 bits per heavy atom. The van der Waals surface area contributed by atoms with E-state index in [4.69, 9.17) is 9.40 Å². The van der Waals surface area contributed by atoms with E-state index < -0.39 is 5.63 Å². The number of thioether (sulfide) groups is 1. The van der Waals surface area contributed by atoms with Crippen LogP contribution in [0.15, 0.2) is 37.4 Å². The summed E-state index contributed by atoms with van der Waals surface area (Å²) in [6.07, 6.45) is 3.76. The van der Waals surface area contributed by atoms with Crippen molar-refractivity contribution >= 4 is 44.3 Å². The monoisotopic (exact) mass is 440 g/mol. The molecule has 0 bridgehead atoms. The second-order valence-corrected chi connectivity index (χ2v) is 9.53. The Morgan fingerprint density at radius 1 is 1.23 bits per heavy atom. The van der Waals surface area contributed by atoms with E-state index in [1.807, 2.05) is 13.0 Å². The number of benzene rings is 1. The van der Waals surface area contributed by atoms with Gasteiger partial charge in [-0.1, -0.05) is 18.7 Å². The molecule has 8 heteroatoms. The van der Waals surface area contributed by atoms with Crippen molar-refractivity contribution < 1.29 is 9.52 Å². The van der Waals surface area contributed by atoms with Crippen molar-refractivity contribution in [2.75, 3.05) is 0 Å². The number of thiophene rings is 1. The molecular formula is C22H20N2O4S2. The largest absolute Gasteiger partial charge is 0.508 e. The van der Waals surface area contributed by atoms with Gasteiger partial charge in [0, 0.05) is 35.2 Å². The minimum atomic E-state index is -0.464. The van der Waals surface area contributed by atoms with Gasteiger partial charge in [0.2, 0.25) is 0 Å². The van der Waals surface area contributed by atoms with Crippen molar-refractivity contribution in [1.29, 1.82) is 0 Å². The highest BCUT2D eigenvalue weighted by Gasteiger charge is 2.22. The van der Waals surface area contributed by atoms with Gasteiger partial charge in [-0.15, -0.1) is 11.3 Å². The Labute approximate surface area is 180 Å². The van der Waals surface area contributed by atoms with Crippen LogP contribution in [0.5, 0.6) is 5.75 Å². The number of fused-ring (bicyclic) bond motifs is 4. The maximum Gasteiger partial charge on any atom is 0.336 e. The Kier molecular flexibility index (Phi) is 4.71. The standard InChI is InChI=1S/C22H20N2O4S2/c1-3-11-7-14-12(8-18(26)28-16(14)9-15(11)25)10-29-22-23-20-19(21(27)24(22)2)13-5-4-6-17(13)30-20/h7-9,25H,3-6,10H2,1-2H3. The molecule has 5 rings (SSSR count). The lowest BCUT2D eigenvalue weighted by molar-refractivity contribution is 0.466. The molecule has 30 heavy (non-hydrogen) atoms. The molecule has 1 aliphatic carbocycles. The maximum absolute atomic E-state index is 13.0. The molecule has 0 saturated carbocycles. The molecule has 154 valence electrons. The lowest BCUT2D eigenvalue weighted by atomic mass is 10.1. The average molecular weight is 441 g/mol. The molecule has 1 aliphatic rings. The fourth-order valence-electron chi connectivity index (χ4n) is 4.09. The molecule has 3 heterocycles. The molecule has 0 aliphatic heterocycles. The van der Waals surface area contributed by atoms with Crippen molar-refractivity contribution in [3.05, 3.63) is 60.5 Å². The van der Waals surface area contributed by atoms with Crippen molar-refractivity contribution in [3.8, 4) is 5.75 Å². The van der Waals surface area contributed by atoms with E-state index in [9.17, 15) is 14.7 Å². The van der Waals surface area contributed by atoms with E-state index in [1.165, 1.54) is 34.3 Å². The van der Waals surface area contributed by atoms with Gasteiger partial charge in [0.1, 0.15) is 16.2 Å². The fraction of sp³-hybridized carbons (Fsp3) is 0.318. The molecule has 1 aromatic carbocycles. The van der Waals surface area contributed by atoms with Crippen LogP contribution in [0.3, 0.4) is 0 Å². The van der Waals surface area contributed by atoms with Crippen molar-refractivity contribution in [1.82, 2.24) is 9.55 Å². The zero-order valence-corrected chi connectivity index (χ0v) is 18.3. The number of phenols is 1. The zero-order valence-electron chi connectivity index (χ0n) is 16.7. The third-order valence-electron chi connectivity index (χ3n) is 5.67. The van der Waals surface area contributed by atoms with E-state index >= 15 is 0 Å². The first-order chi connectivity index (χ1) is 14.5. The van der Waals surface area contributed by atoms with E-state index in [2.05, 4.69) is 0 Å². The van der Waals surface area contributed by atoms with Crippen LogP contribution in [-0.4, -0.2) is 14.7 Å². The number of aryl methyl sites for hydroxylation is 3. The highest BCUT2D eigenvalue weighted by Crippen LogP contribution is 2.36. The van der Waals surface area contributed by atoms with Gasteiger partial charge in [0.15, 0.2) is 5.16 Å². The lowest BCUT2D eigenvalue weighted by Gasteiger charge is -2.10. The highest BCUT2D eigenvalue weighted by atomic mass is 32.2. The minimum absolute atomic E-state index is 0.00229. The zero-order chi connectivity index (χ0) is 21.0. The van der Waals surface area contributed by atoms with Crippen molar-refractivity contribution in [2.45, 2.75) is 43.5 Å². The quantitative estimate of drug-likeness (QED) is 0.292. The Bertz CT molecular complexity index is 1430. The number of phenolic OH excluding ortho intramolecular Hbond substituents is 1. The molecule has 0 radical (unpaired) electrons. The predicted octanol–water partition coefficient (Wildman–Crippen LogP) is 4.15. The molecule has 4 aromatic rings. The second-order valence-electron chi connectivity index (χ2n) is 7.51.